The van der Waals surface area contributed by atoms with Crippen LogP contribution in [0.25, 0.3) is 0 Å². The molecule has 0 aromatic carbocycles. The van der Waals surface area contributed by atoms with Crippen molar-refractivity contribution in [2.75, 3.05) is 0 Å². The van der Waals surface area contributed by atoms with E-state index in [1.807, 2.05) is 17.8 Å². The summed E-state index contributed by atoms with van der Waals surface area (Å²) < 4.78 is 1.85. The van der Waals surface area contributed by atoms with Crippen LogP contribution in [0.4, 0.5) is 0 Å². The maximum Gasteiger partial charge on any atom is 0.115 e. The first kappa shape index (κ1) is 9.79. The van der Waals surface area contributed by atoms with Crippen LogP contribution in [0.1, 0.15) is 24.1 Å². The van der Waals surface area contributed by atoms with Gasteiger partial charge in [-0.25, -0.2) is 9.97 Å². The first-order chi connectivity index (χ1) is 7.31. The molecule has 78 valence electrons. The predicted molar refractivity (Wildman–Crippen MR) is 56.0 cm³/mol. The molecule has 15 heavy (non-hydrogen) atoms. The molecule has 1 atom stereocenters. The lowest BCUT2D eigenvalue weighted by Gasteiger charge is -2.07. The van der Waals surface area contributed by atoms with Crippen molar-refractivity contribution < 1.29 is 0 Å². The lowest BCUT2D eigenvalue weighted by Crippen LogP contribution is -2.11. The van der Waals surface area contributed by atoms with Crippen molar-refractivity contribution in [2.24, 2.45) is 5.73 Å². The van der Waals surface area contributed by atoms with Gasteiger partial charge in [-0.3, -0.25) is 4.68 Å². The highest BCUT2D eigenvalue weighted by atomic mass is 15.3. The topological polar surface area (TPSA) is 69.6 Å². The Hall–Kier alpha value is -1.75. The van der Waals surface area contributed by atoms with Gasteiger partial charge >= 0.3 is 0 Å². The van der Waals surface area contributed by atoms with E-state index in [2.05, 4.69) is 15.1 Å². The standard InChI is InChI=1S/C10H13N5/c1-2-15-6-9(5-14-15)10(11)8-3-12-7-13-4-8/h3-7,10H,2,11H2,1H3. The van der Waals surface area contributed by atoms with Crippen LogP contribution in [0.15, 0.2) is 31.1 Å². The molecule has 0 saturated carbocycles. The summed E-state index contributed by atoms with van der Waals surface area (Å²) in [6.07, 6.45) is 8.66. The molecule has 0 aliphatic heterocycles. The first-order valence-corrected chi connectivity index (χ1v) is 4.84. The molecular formula is C10H13N5. The molecule has 2 rings (SSSR count). The number of hydrogen-bond acceptors (Lipinski definition) is 4. The van der Waals surface area contributed by atoms with Crippen LogP contribution in [-0.4, -0.2) is 19.7 Å². The first-order valence-electron chi connectivity index (χ1n) is 4.84. The molecular weight excluding hydrogens is 190 g/mol. The molecule has 2 N–H and O–H groups in total. The third-order valence-corrected chi connectivity index (χ3v) is 2.28. The Kier molecular flexibility index (Phi) is 2.73. The summed E-state index contributed by atoms with van der Waals surface area (Å²) in [5, 5.41) is 4.18. The largest absolute Gasteiger partial charge is 0.320 e. The molecule has 0 fully saturated rings. The predicted octanol–water partition coefficient (Wildman–Crippen LogP) is 0.741. The maximum absolute atomic E-state index is 6.05. The Morgan fingerprint density at radius 2 is 2.00 bits per heavy atom. The Balaban J connectivity index is 2.24. The minimum absolute atomic E-state index is 0.202. The molecule has 1 unspecified atom stereocenters. The number of rotatable bonds is 3. The molecule has 5 nitrogen and oxygen atoms in total. The van der Waals surface area contributed by atoms with Gasteiger partial charge in [-0.1, -0.05) is 0 Å². The average molecular weight is 203 g/mol. The van der Waals surface area contributed by atoms with Crippen LogP contribution in [0.5, 0.6) is 0 Å². The summed E-state index contributed by atoms with van der Waals surface area (Å²) in [5.41, 5.74) is 7.93. The minimum atomic E-state index is -0.202. The van der Waals surface area contributed by atoms with Crippen molar-refractivity contribution in [2.45, 2.75) is 19.5 Å². The lowest BCUT2D eigenvalue weighted by atomic mass is 10.1. The number of nitrogens with zero attached hydrogens (tertiary/aromatic N) is 4. The fraction of sp³-hybridized carbons (Fsp3) is 0.300. The van der Waals surface area contributed by atoms with E-state index in [0.717, 1.165) is 17.7 Å². The van der Waals surface area contributed by atoms with Crippen LogP contribution in [0, 0.1) is 0 Å². The summed E-state index contributed by atoms with van der Waals surface area (Å²) in [4.78, 5) is 7.88. The molecule has 0 aliphatic carbocycles. The van der Waals surface area contributed by atoms with Crippen LogP contribution in [-0.2, 0) is 6.54 Å². The molecule has 0 amide bonds. The second-order valence-electron chi connectivity index (χ2n) is 3.28. The van der Waals surface area contributed by atoms with Gasteiger partial charge in [-0.05, 0) is 6.92 Å². The van der Waals surface area contributed by atoms with E-state index in [1.54, 1.807) is 18.6 Å². The monoisotopic (exact) mass is 203 g/mol. The van der Waals surface area contributed by atoms with E-state index in [9.17, 15) is 0 Å². The molecule has 0 bridgehead atoms. The summed E-state index contributed by atoms with van der Waals surface area (Å²) in [5.74, 6) is 0. The third kappa shape index (κ3) is 2.02. The Morgan fingerprint density at radius 3 is 2.60 bits per heavy atom. The van der Waals surface area contributed by atoms with Gasteiger partial charge in [0, 0.05) is 36.3 Å². The van der Waals surface area contributed by atoms with E-state index < -0.39 is 0 Å². The van der Waals surface area contributed by atoms with Gasteiger partial charge in [0.1, 0.15) is 6.33 Å². The van der Waals surface area contributed by atoms with Crippen LogP contribution in [0.3, 0.4) is 0 Å². The molecule has 0 radical (unpaired) electrons. The number of aryl methyl sites for hydroxylation is 1. The van der Waals surface area contributed by atoms with E-state index in [0.29, 0.717) is 0 Å². The van der Waals surface area contributed by atoms with Gasteiger partial charge in [0.15, 0.2) is 0 Å². The Bertz CT molecular complexity index is 422. The van der Waals surface area contributed by atoms with Gasteiger partial charge in [0.05, 0.1) is 12.2 Å². The van der Waals surface area contributed by atoms with Gasteiger partial charge in [0.25, 0.3) is 0 Å². The SMILES string of the molecule is CCn1cc(C(N)c2cncnc2)cn1. The minimum Gasteiger partial charge on any atom is -0.320 e. The average Bonchev–Trinajstić information content (AvgIpc) is 2.78. The molecule has 0 saturated heterocycles. The molecule has 0 aliphatic rings. The van der Waals surface area contributed by atoms with Gasteiger partial charge in [-0.2, -0.15) is 5.10 Å². The quantitative estimate of drug-likeness (QED) is 0.798. The van der Waals surface area contributed by atoms with Crippen molar-refractivity contribution in [3.8, 4) is 0 Å². The summed E-state index contributed by atoms with van der Waals surface area (Å²) in [7, 11) is 0. The van der Waals surface area contributed by atoms with E-state index >= 15 is 0 Å². The zero-order valence-electron chi connectivity index (χ0n) is 8.54. The van der Waals surface area contributed by atoms with Gasteiger partial charge in [-0.15, -0.1) is 0 Å². The number of hydrogen-bond donors (Lipinski definition) is 1. The highest BCUT2D eigenvalue weighted by Gasteiger charge is 2.10. The Morgan fingerprint density at radius 1 is 1.27 bits per heavy atom. The smallest absolute Gasteiger partial charge is 0.115 e. The van der Waals surface area contributed by atoms with Crippen molar-refractivity contribution in [3.63, 3.8) is 0 Å². The van der Waals surface area contributed by atoms with Crippen molar-refractivity contribution >= 4 is 0 Å². The zero-order chi connectivity index (χ0) is 10.7. The third-order valence-electron chi connectivity index (χ3n) is 2.28. The summed E-state index contributed by atoms with van der Waals surface area (Å²) >= 11 is 0. The van der Waals surface area contributed by atoms with Crippen LogP contribution in [0.2, 0.25) is 0 Å². The van der Waals surface area contributed by atoms with Crippen LogP contribution < -0.4 is 5.73 Å². The van der Waals surface area contributed by atoms with E-state index in [-0.39, 0.29) is 6.04 Å². The van der Waals surface area contributed by atoms with Crippen molar-refractivity contribution in [1.82, 2.24) is 19.7 Å². The molecule has 5 heteroatoms. The molecule has 2 aromatic rings. The van der Waals surface area contributed by atoms with Crippen LogP contribution >= 0.6 is 0 Å². The molecule has 0 spiro atoms. The second kappa shape index (κ2) is 4.18. The van der Waals surface area contributed by atoms with E-state index in [1.165, 1.54) is 6.33 Å². The number of aromatic nitrogens is 4. The molecule has 2 aromatic heterocycles. The summed E-state index contributed by atoms with van der Waals surface area (Å²) in [6.45, 7) is 2.88. The lowest BCUT2D eigenvalue weighted by molar-refractivity contribution is 0.658. The zero-order valence-corrected chi connectivity index (χ0v) is 8.54. The maximum atomic E-state index is 6.05. The second-order valence-corrected chi connectivity index (χ2v) is 3.28. The fourth-order valence-corrected chi connectivity index (χ4v) is 1.38. The highest BCUT2D eigenvalue weighted by molar-refractivity contribution is 5.23. The molecule has 2 heterocycles. The van der Waals surface area contributed by atoms with E-state index in [4.69, 9.17) is 5.73 Å². The van der Waals surface area contributed by atoms with Crippen molar-refractivity contribution in [1.29, 1.82) is 0 Å². The van der Waals surface area contributed by atoms with Gasteiger partial charge < -0.3 is 5.73 Å². The van der Waals surface area contributed by atoms with Crippen molar-refractivity contribution in [3.05, 3.63) is 42.2 Å². The Labute approximate surface area is 88.0 Å². The van der Waals surface area contributed by atoms with Gasteiger partial charge in [0.2, 0.25) is 0 Å². The normalized spacial score (nSPS) is 12.7. The summed E-state index contributed by atoms with van der Waals surface area (Å²) in [6, 6.07) is -0.202. The highest BCUT2D eigenvalue weighted by Crippen LogP contribution is 2.16. The fourth-order valence-electron chi connectivity index (χ4n) is 1.38. The number of nitrogens with two attached hydrogens (primary N) is 1.